The lowest BCUT2D eigenvalue weighted by Crippen LogP contribution is -2.37. The molecule has 0 aliphatic carbocycles. The molecule has 3 amide bonds. The molecule has 186 valence electrons. The monoisotopic (exact) mass is 527 g/mol. The zero-order valence-corrected chi connectivity index (χ0v) is 20.8. The van der Waals surface area contributed by atoms with E-state index in [1.54, 1.807) is 11.7 Å². The Morgan fingerprint density at radius 1 is 1.17 bits per heavy atom. The van der Waals surface area contributed by atoms with Crippen molar-refractivity contribution in [1.82, 2.24) is 25.0 Å². The molecule has 1 fully saturated rings. The van der Waals surface area contributed by atoms with E-state index in [0.29, 0.717) is 28.5 Å². The number of rotatable bonds is 9. The molecular weight excluding hydrogens is 505 g/mol. The molecule has 1 aromatic heterocycles. The largest absolute Gasteiger partial charge is 0.497 e. The van der Waals surface area contributed by atoms with E-state index in [0.717, 1.165) is 22.2 Å². The third-order valence-corrected chi connectivity index (χ3v) is 6.59. The Kier molecular flexibility index (Phi) is 7.96. The highest BCUT2D eigenvalue weighted by molar-refractivity contribution is 8.18. The molecule has 9 nitrogen and oxygen atoms in total. The summed E-state index contributed by atoms with van der Waals surface area (Å²) in [5, 5.41) is 9.31. The van der Waals surface area contributed by atoms with Crippen LogP contribution in [0.4, 0.5) is 9.18 Å². The number of carbonyl (C=O) groups excluding carboxylic acids is 3. The lowest BCUT2D eigenvalue weighted by atomic mass is 10.2. The summed E-state index contributed by atoms with van der Waals surface area (Å²) >= 11 is 6.11. The number of aromatic nitrogens is 3. The van der Waals surface area contributed by atoms with Crippen LogP contribution in [0.1, 0.15) is 12.0 Å². The summed E-state index contributed by atoms with van der Waals surface area (Å²) in [6, 6.07) is 12.9. The van der Waals surface area contributed by atoms with Crippen LogP contribution >= 0.6 is 24.0 Å². The smallest absolute Gasteiger partial charge is 0.293 e. The van der Waals surface area contributed by atoms with E-state index < -0.39 is 11.1 Å². The van der Waals surface area contributed by atoms with E-state index in [4.69, 9.17) is 17.0 Å². The summed E-state index contributed by atoms with van der Waals surface area (Å²) in [6.45, 7) is 0.451. The number of nitrogens with zero attached hydrogens (tertiary/aromatic N) is 3. The zero-order chi connectivity index (χ0) is 25.7. The number of methoxy groups -OCH3 is 1. The summed E-state index contributed by atoms with van der Waals surface area (Å²) in [7, 11) is 1.58. The van der Waals surface area contributed by atoms with E-state index in [1.807, 2.05) is 24.3 Å². The molecule has 0 atom stereocenters. The molecule has 2 N–H and O–H groups in total. The van der Waals surface area contributed by atoms with Crippen LogP contribution < -0.4 is 10.1 Å². The summed E-state index contributed by atoms with van der Waals surface area (Å²) in [5.74, 6) is 0.222. The maximum atomic E-state index is 13.1. The number of amides is 3. The van der Waals surface area contributed by atoms with Crippen molar-refractivity contribution in [3.05, 3.63) is 69.6 Å². The first kappa shape index (κ1) is 25.3. The van der Waals surface area contributed by atoms with Crippen LogP contribution in [-0.2, 0) is 16.1 Å². The third-order valence-electron chi connectivity index (χ3n) is 5.37. The van der Waals surface area contributed by atoms with Gasteiger partial charge in [0.1, 0.15) is 11.6 Å². The molecular formula is C24H22FN5O4S2. The van der Waals surface area contributed by atoms with Crippen LogP contribution in [0.5, 0.6) is 5.75 Å². The van der Waals surface area contributed by atoms with Crippen LogP contribution in [0, 0.1) is 10.6 Å². The molecule has 1 aliphatic heterocycles. The van der Waals surface area contributed by atoms with Crippen LogP contribution in [-0.4, -0.2) is 56.9 Å². The second-order valence-electron chi connectivity index (χ2n) is 7.72. The van der Waals surface area contributed by atoms with Crippen molar-refractivity contribution in [2.75, 3.05) is 20.2 Å². The van der Waals surface area contributed by atoms with Crippen molar-refractivity contribution in [3.63, 3.8) is 0 Å². The van der Waals surface area contributed by atoms with E-state index in [1.165, 1.54) is 30.3 Å². The quantitative estimate of drug-likeness (QED) is 0.320. The van der Waals surface area contributed by atoms with Crippen LogP contribution in [0.2, 0.25) is 0 Å². The number of imide groups is 1. The van der Waals surface area contributed by atoms with Crippen LogP contribution in [0.3, 0.4) is 0 Å². The van der Waals surface area contributed by atoms with Gasteiger partial charge in [-0.1, -0.05) is 12.1 Å². The van der Waals surface area contributed by atoms with Gasteiger partial charge in [-0.3, -0.25) is 28.9 Å². The first-order valence-corrected chi connectivity index (χ1v) is 12.2. The molecule has 3 aromatic rings. The number of carbonyl (C=O) groups is 3. The lowest BCUT2D eigenvalue weighted by molar-refractivity contribution is -0.124. The fourth-order valence-electron chi connectivity index (χ4n) is 3.50. The predicted octanol–water partition coefficient (Wildman–Crippen LogP) is 4.00. The Morgan fingerprint density at radius 2 is 1.89 bits per heavy atom. The molecule has 12 heteroatoms. The maximum Gasteiger partial charge on any atom is 0.293 e. The van der Waals surface area contributed by atoms with Crippen molar-refractivity contribution in [2.24, 2.45) is 0 Å². The number of hydrogen-bond acceptors (Lipinski definition) is 7. The minimum atomic E-state index is -0.447. The Balaban J connectivity index is 1.29. The Morgan fingerprint density at radius 3 is 2.58 bits per heavy atom. The average Bonchev–Trinajstić information content (AvgIpc) is 3.37. The molecule has 36 heavy (non-hydrogen) atoms. The molecule has 1 saturated heterocycles. The first-order valence-electron chi connectivity index (χ1n) is 10.9. The number of nitrogens with one attached hydrogen (secondary N) is 2. The minimum absolute atomic E-state index is 0.0411. The zero-order valence-electron chi connectivity index (χ0n) is 19.2. The predicted molar refractivity (Wildman–Crippen MR) is 136 cm³/mol. The van der Waals surface area contributed by atoms with E-state index >= 15 is 0 Å². The number of hydrogen-bond donors (Lipinski definition) is 2. The highest BCUT2D eigenvalue weighted by Gasteiger charge is 2.34. The topological polar surface area (TPSA) is 109 Å². The molecule has 0 spiro atoms. The van der Waals surface area contributed by atoms with Crippen LogP contribution in [0.25, 0.3) is 17.5 Å². The van der Waals surface area contributed by atoms with Gasteiger partial charge in [0.05, 0.1) is 12.0 Å². The van der Waals surface area contributed by atoms with Gasteiger partial charge in [0.2, 0.25) is 5.91 Å². The van der Waals surface area contributed by atoms with Gasteiger partial charge >= 0.3 is 0 Å². The van der Waals surface area contributed by atoms with Gasteiger partial charge < -0.3 is 10.1 Å². The molecule has 2 heterocycles. The minimum Gasteiger partial charge on any atom is -0.497 e. The number of ether oxygens (including phenoxy) is 1. The fraction of sp³-hybridized carbons (Fsp3) is 0.208. The molecule has 4 rings (SSSR count). The highest BCUT2D eigenvalue weighted by atomic mass is 32.2. The van der Waals surface area contributed by atoms with Crippen molar-refractivity contribution in [3.8, 4) is 17.1 Å². The van der Waals surface area contributed by atoms with Gasteiger partial charge in [0, 0.05) is 31.6 Å². The molecule has 0 bridgehead atoms. The number of aromatic amines is 1. The Hall–Kier alpha value is -3.77. The molecule has 1 aliphatic rings. The van der Waals surface area contributed by atoms with E-state index in [2.05, 4.69) is 15.5 Å². The van der Waals surface area contributed by atoms with Gasteiger partial charge in [-0.15, -0.1) is 0 Å². The van der Waals surface area contributed by atoms with Crippen molar-refractivity contribution < 1.29 is 23.5 Å². The molecule has 0 unspecified atom stereocenters. The van der Waals surface area contributed by atoms with Gasteiger partial charge in [0.25, 0.3) is 11.1 Å². The van der Waals surface area contributed by atoms with Crippen molar-refractivity contribution >= 4 is 47.1 Å². The highest BCUT2D eigenvalue weighted by Crippen LogP contribution is 2.31. The second kappa shape index (κ2) is 11.3. The van der Waals surface area contributed by atoms with Crippen molar-refractivity contribution in [2.45, 2.75) is 13.0 Å². The number of thioether (sulfide) groups is 1. The summed E-state index contributed by atoms with van der Waals surface area (Å²) in [6.07, 6.45) is 1.67. The lowest BCUT2D eigenvalue weighted by Gasteiger charge is -2.13. The standard InChI is InChI=1S/C24H22FN5O4S2/c1-34-18-8-4-16(5-9-18)21-27-28-23(35)29(21)12-10-20(31)26-11-13-30-22(32)19(36-24(30)33)14-15-2-6-17(25)7-3-15/h2-9,14H,10-13H2,1H3,(H,26,31)(H,28,35)/b19-14+. The van der Waals surface area contributed by atoms with Gasteiger partial charge in [0.15, 0.2) is 10.6 Å². The fourth-order valence-corrected chi connectivity index (χ4v) is 4.59. The van der Waals surface area contributed by atoms with Gasteiger partial charge in [-0.05, 0) is 72.0 Å². The van der Waals surface area contributed by atoms with E-state index in [-0.39, 0.29) is 36.1 Å². The summed E-state index contributed by atoms with van der Waals surface area (Å²) < 4.78 is 20.4. The van der Waals surface area contributed by atoms with Crippen LogP contribution in [0.15, 0.2) is 53.4 Å². The maximum absolute atomic E-state index is 13.1. The number of H-pyrrole nitrogens is 1. The molecule has 2 aromatic carbocycles. The van der Waals surface area contributed by atoms with Gasteiger partial charge in [-0.25, -0.2) is 4.39 Å². The summed E-state index contributed by atoms with van der Waals surface area (Å²) in [5.41, 5.74) is 1.43. The SMILES string of the molecule is COc1ccc(-c2n[nH]c(=S)n2CCC(=O)NCCN2C(=O)S/C(=C/c3ccc(F)cc3)C2=O)cc1. The average molecular weight is 528 g/mol. The molecule has 0 saturated carbocycles. The Labute approximate surface area is 215 Å². The van der Waals surface area contributed by atoms with Gasteiger partial charge in [-0.2, -0.15) is 5.10 Å². The van der Waals surface area contributed by atoms with Crippen molar-refractivity contribution in [1.29, 1.82) is 0 Å². The normalized spacial score (nSPS) is 14.5. The third kappa shape index (κ3) is 5.89. The Bertz CT molecular complexity index is 1370. The summed E-state index contributed by atoms with van der Waals surface area (Å²) in [4.78, 5) is 38.6. The first-order chi connectivity index (χ1) is 17.4. The number of benzene rings is 2. The molecule has 0 radical (unpaired) electrons. The second-order valence-corrected chi connectivity index (χ2v) is 9.10. The number of halogens is 1. The van der Waals surface area contributed by atoms with E-state index in [9.17, 15) is 18.8 Å².